The summed E-state index contributed by atoms with van der Waals surface area (Å²) < 4.78 is 11.0. The molecule has 0 aromatic heterocycles. The molecule has 0 heterocycles. The van der Waals surface area contributed by atoms with E-state index in [1.54, 1.807) is 14.2 Å². The van der Waals surface area contributed by atoms with E-state index in [9.17, 15) is 0 Å². The summed E-state index contributed by atoms with van der Waals surface area (Å²) >= 11 is 0. The highest BCUT2D eigenvalue weighted by Crippen LogP contribution is 2.49. The van der Waals surface area contributed by atoms with Gasteiger partial charge in [0.15, 0.2) is 0 Å². The smallest absolute Gasteiger partial charge is 0.119 e. The molecule has 0 saturated carbocycles. The topological polar surface area (TPSA) is 18.5 Å². The van der Waals surface area contributed by atoms with Crippen LogP contribution in [0.25, 0.3) is 0 Å². The Kier molecular flexibility index (Phi) is 6.65. The average Bonchev–Trinajstić information content (AvgIpc) is 2.81. The van der Waals surface area contributed by atoms with Crippen LogP contribution in [0.1, 0.15) is 59.4 Å². The zero-order valence-electron chi connectivity index (χ0n) is 19.2. The Labute approximate surface area is 187 Å². The molecule has 0 N–H and O–H groups in total. The van der Waals surface area contributed by atoms with Gasteiger partial charge >= 0.3 is 0 Å². The molecule has 0 fully saturated rings. The lowest BCUT2D eigenvalue weighted by molar-refractivity contribution is 0.298. The van der Waals surface area contributed by atoms with Gasteiger partial charge in [0.1, 0.15) is 11.5 Å². The maximum Gasteiger partial charge on any atom is 0.119 e. The molecule has 0 aliphatic heterocycles. The van der Waals surface area contributed by atoms with Crippen LogP contribution < -0.4 is 9.47 Å². The Bertz CT molecular complexity index is 1010. The number of hydrogen-bond acceptors (Lipinski definition) is 2. The van der Waals surface area contributed by atoms with Crippen molar-refractivity contribution in [2.75, 3.05) is 14.2 Å². The highest BCUT2D eigenvalue weighted by Gasteiger charge is 2.37. The van der Waals surface area contributed by atoms with E-state index in [1.165, 1.54) is 40.7 Å². The molecule has 162 valence electrons. The standard InChI is InChI=1S/C29H34O2/c1-5-8-26-27(21-11-14-24(30-3)15-12-21)18-23-13-16-25(31-4)19-28(23)29(26)17-22-10-7-6-9-20(22)2/h6-7,9-16,19,26-27,29H,5,8,17-18H2,1-4H3. The lowest BCUT2D eigenvalue weighted by atomic mass is 9.63. The quantitative estimate of drug-likeness (QED) is 0.411. The number of methoxy groups -OCH3 is 2. The van der Waals surface area contributed by atoms with Crippen molar-refractivity contribution in [3.63, 3.8) is 0 Å². The van der Waals surface area contributed by atoms with Crippen LogP contribution in [0.4, 0.5) is 0 Å². The van der Waals surface area contributed by atoms with Crippen LogP contribution >= 0.6 is 0 Å². The minimum Gasteiger partial charge on any atom is -0.497 e. The fraction of sp³-hybridized carbons (Fsp3) is 0.379. The van der Waals surface area contributed by atoms with Crippen molar-refractivity contribution in [3.05, 3.63) is 94.5 Å². The number of benzene rings is 3. The highest BCUT2D eigenvalue weighted by molar-refractivity contribution is 5.45. The van der Waals surface area contributed by atoms with Gasteiger partial charge in [-0.25, -0.2) is 0 Å². The lowest BCUT2D eigenvalue weighted by Crippen LogP contribution is -2.30. The molecule has 4 rings (SSSR count). The van der Waals surface area contributed by atoms with Crippen LogP contribution in [-0.2, 0) is 12.8 Å². The molecule has 0 bridgehead atoms. The predicted octanol–water partition coefficient (Wildman–Crippen LogP) is 7.09. The number of hydrogen-bond donors (Lipinski definition) is 0. The van der Waals surface area contributed by atoms with Gasteiger partial charge in [0.25, 0.3) is 0 Å². The SMILES string of the molecule is CCCC1C(c2ccc(OC)cc2)Cc2ccc(OC)cc2C1Cc1ccccc1C. The maximum absolute atomic E-state index is 5.62. The molecule has 31 heavy (non-hydrogen) atoms. The predicted molar refractivity (Wildman–Crippen MR) is 128 cm³/mol. The largest absolute Gasteiger partial charge is 0.497 e. The van der Waals surface area contributed by atoms with Gasteiger partial charge in [0.2, 0.25) is 0 Å². The van der Waals surface area contributed by atoms with Crippen molar-refractivity contribution < 1.29 is 9.47 Å². The van der Waals surface area contributed by atoms with Gasteiger partial charge < -0.3 is 9.47 Å². The van der Waals surface area contributed by atoms with Crippen LogP contribution in [-0.4, -0.2) is 14.2 Å². The Morgan fingerprint density at radius 3 is 2.26 bits per heavy atom. The van der Waals surface area contributed by atoms with E-state index in [0.29, 0.717) is 17.8 Å². The molecule has 0 amide bonds. The molecule has 3 aromatic rings. The fourth-order valence-electron chi connectivity index (χ4n) is 5.42. The number of aryl methyl sites for hydroxylation is 1. The molecule has 0 spiro atoms. The minimum atomic E-state index is 0.479. The van der Waals surface area contributed by atoms with E-state index >= 15 is 0 Å². The summed E-state index contributed by atoms with van der Waals surface area (Å²) in [5, 5.41) is 0. The van der Waals surface area contributed by atoms with Crippen molar-refractivity contribution in [1.29, 1.82) is 0 Å². The van der Waals surface area contributed by atoms with E-state index in [1.807, 2.05) is 0 Å². The van der Waals surface area contributed by atoms with Crippen molar-refractivity contribution in [1.82, 2.24) is 0 Å². The monoisotopic (exact) mass is 414 g/mol. The zero-order chi connectivity index (χ0) is 21.8. The Morgan fingerprint density at radius 2 is 1.58 bits per heavy atom. The second kappa shape index (κ2) is 9.60. The van der Waals surface area contributed by atoms with Crippen LogP contribution in [0.3, 0.4) is 0 Å². The van der Waals surface area contributed by atoms with Crippen molar-refractivity contribution in [3.8, 4) is 11.5 Å². The Morgan fingerprint density at radius 1 is 0.871 bits per heavy atom. The van der Waals surface area contributed by atoms with Gasteiger partial charge in [0, 0.05) is 0 Å². The first kappa shape index (κ1) is 21.5. The lowest BCUT2D eigenvalue weighted by Gasteiger charge is -2.41. The molecule has 3 unspecified atom stereocenters. The summed E-state index contributed by atoms with van der Waals surface area (Å²) in [6, 6.07) is 24.3. The van der Waals surface area contributed by atoms with E-state index in [4.69, 9.17) is 9.47 Å². The van der Waals surface area contributed by atoms with E-state index in [-0.39, 0.29) is 0 Å². The molecular weight excluding hydrogens is 380 g/mol. The molecule has 0 saturated heterocycles. The van der Waals surface area contributed by atoms with E-state index < -0.39 is 0 Å². The van der Waals surface area contributed by atoms with Gasteiger partial charge in [-0.05, 0) is 96.0 Å². The second-order valence-electron chi connectivity index (χ2n) is 8.84. The van der Waals surface area contributed by atoms with E-state index in [0.717, 1.165) is 24.3 Å². The van der Waals surface area contributed by atoms with Gasteiger partial charge in [-0.3, -0.25) is 0 Å². The van der Waals surface area contributed by atoms with Gasteiger partial charge in [-0.15, -0.1) is 0 Å². The van der Waals surface area contributed by atoms with Crippen molar-refractivity contribution in [2.45, 2.75) is 51.4 Å². The normalized spacial score (nSPS) is 20.2. The molecule has 2 heteroatoms. The van der Waals surface area contributed by atoms with Gasteiger partial charge in [-0.2, -0.15) is 0 Å². The fourth-order valence-corrected chi connectivity index (χ4v) is 5.42. The number of ether oxygens (including phenoxy) is 2. The average molecular weight is 415 g/mol. The molecule has 0 radical (unpaired) electrons. The summed E-state index contributed by atoms with van der Waals surface area (Å²) in [6.07, 6.45) is 4.58. The van der Waals surface area contributed by atoms with Crippen LogP contribution in [0, 0.1) is 12.8 Å². The molecule has 1 aliphatic carbocycles. The first-order chi connectivity index (χ1) is 15.1. The van der Waals surface area contributed by atoms with Gasteiger partial charge in [-0.1, -0.05) is 55.8 Å². The van der Waals surface area contributed by atoms with Gasteiger partial charge in [0.05, 0.1) is 14.2 Å². The summed E-state index contributed by atoms with van der Waals surface area (Å²) in [5.74, 6) is 3.48. The summed E-state index contributed by atoms with van der Waals surface area (Å²) in [7, 11) is 3.50. The summed E-state index contributed by atoms with van der Waals surface area (Å²) in [6.45, 7) is 4.55. The second-order valence-corrected chi connectivity index (χ2v) is 8.84. The third-order valence-electron chi connectivity index (χ3n) is 7.09. The summed E-state index contributed by atoms with van der Waals surface area (Å²) in [5.41, 5.74) is 7.21. The van der Waals surface area contributed by atoms with Crippen molar-refractivity contribution in [2.24, 2.45) is 5.92 Å². The summed E-state index contributed by atoms with van der Waals surface area (Å²) in [4.78, 5) is 0. The van der Waals surface area contributed by atoms with Crippen LogP contribution in [0.15, 0.2) is 66.7 Å². The number of rotatable bonds is 7. The zero-order valence-corrected chi connectivity index (χ0v) is 19.2. The third-order valence-corrected chi connectivity index (χ3v) is 7.09. The first-order valence-electron chi connectivity index (χ1n) is 11.5. The minimum absolute atomic E-state index is 0.479. The van der Waals surface area contributed by atoms with Crippen LogP contribution in [0.2, 0.25) is 0 Å². The van der Waals surface area contributed by atoms with Crippen molar-refractivity contribution >= 4 is 0 Å². The maximum atomic E-state index is 5.62. The third kappa shape index (κ3) is 4.49. The molecule has 3 atom stereocenters. The molecule has 1 aliphatic rings. The van der Waals surface area contributed by atoms with Crippen LogP contribution in [0.5, 0.6) is 11.5 Å². The number of fused-ring (bicyclic) bond motifs is 1. The Balaban J connectivity index is 1.80. The molecular formula is C29H34O2. The highest BCUT2D eigenvalue weighted by atomic mass is 16.5. The molecule has 2 nitrogen and oxygen atoms in total. The Hall–Kier alpha value is -2.74. The molecule has 3 aromatic carbocycles. The van der Waals surface area contributed by atoms with E-state index in [2.05, 4.69) is 80.6 Å². The first-order valence-corrected chi connectivity index (χ1v) is 11.5.